The average Bonchev–Trinajstić information content (AvgIpc) is 2.70. The molecule has 3 rings (SSSR count). The van der Waals surface area contributed by atoms with E-state index in [1.165, 1.54) is 0 Å². The van der Waals surface area contributed by atoms with Crippen molar-refractivity contribution in [1.29, 1.82) is 0 Å². The first kappa shape index (κ1) is 19.9. The maximum atomic E-state index is 12.3. The number of benzene rings is 2. The number of ether oxygens (including phenoxy) is 1. The molecule has 28 heavy (non-hydrogen) atoms. The minimum Gasteiger partial charge on any atom is -0.481 e. The van der Waals surface area contributed by atoms with E-state index in [0.29, 0.717) is 12.3 Å². The maximum absolute atomic E-state index is 12.3. The lowest BCUT2D eigenvalue weighted by Crippen LogP contribution is -2.40. The van der Waals surface area contributed by atoms with Gasteiger partial charge >= 0.3 is 0 Å². The molecule has 3 N–H and O–H groups in total. The van der Waals surface area contributed by atoms with Crippen molar-refractivity contribution in [2.75, 3.05) is 18.4 Å². The number of anilines is 1. The van der Waals surface area contributed by atoms with Crippen molar-refractivity contribution in [3.8, 4) is 5.75 Å². The fourth-order valence-corrected chi connectivity index (χ4v) is 3.38. The molecule has 0 bridgehead atoms. The van der Waals surface area contributed by atoms with Crippen molar-refractivity contribution in [2.24, 2.45) is 11.7 Å². The second kappa shape index (κ2) is 9.37. The molecule has 148 valence electrons. The van der Waals surface area contributed by atoms with E-state index < -0.39 is 6.10 Å². The number of piperidine rings is 1. The highest BCUT2D eigenvalue weighted by atomic mass is 16.5. The Balaban J connectivity index is 1.51. The summed E-state index contributed by atoms with van der Waals surface area (Å²) in [6.45, 7) is 4.17. The van der Waals surface area contributed by atoms with E-state index >= 15 is 0 Å². The van der Waals surface area contributed by atoms with Crippen LogP contribution in [-0.2, 0) is 16.1 Å². The van der Waals surface area contributed by atoms with Gasteiger partial charge in [-0.15, -0.1) is 0 Å². The summed E-state index contributed by atoms with van der Waals surface area (Å²) in [5.41, 5.74) is 7.31. The summed E-state index contributed by atoms with van der Waals surface area (Å²) in [6, 6.07) is 17.0. The molecule has 6 heteroatoms. The van der Waals surface area contributed by atoms with Gasteiger partial charge < -0.3 is 15.8 Å². The molecule has 2 atom stereocenters. The molecule has 1 heterocycles. The summed E-state index contributed by atoms with van der Waals surface area (Å²) >= 11 is 0. The molecule has 1 saturated heterocycles. The Morgan fingerprint density at radius 1 is 1.18 bits per heavy atom. The highest BCUT2D eigenvalue weighted by Crippen LogP contribution is 2.19. The predicted molar refractivity (Wildman–Crippen MR) is 109 cm³/mol. The van der Waals surface area contributed by atoms with Crippen LogP contribution < -0.4 is 15.8 Å². The van der Waals surface area contributed by atoms with E-state index in [1.807, 2.05) is 54.6 Å². The lowest BCUT2D eigenvalue weighted by Gasteiger charge is -2.31. The maximum Gasteiger partial charge on any atom is 0.265 e. The Bertz CT molecular complexity index is 792. The monoisotopic (exact) mass is 381 g/mol. The van der Waals surface area contributed by atoms with Crippen LogP contribution in [0.4, 0.5) is 5.69 Å². The summed E-state index contributed by atoms with van der Waals surface area (Å²) < 4.78 is 5.65. The number of amides is 2. The summed E-state index contributed by atoms with van der Waals surface area (Å²) in [5.74, 6) is 0.196. The van der Waals surface area contributed by atoms with Crippen LogP contribution in [0.3, 0.4) is 0 Å². The molecule has 1 aliphatic heterocycles. The Morgan fingerprint density at radius 2 is 1.89 bits per heavy atom. The third-order valence-electron chi connectivity index (χ3n) is 4.96. The molecule has 0 aliphatic carbocycles. The minimum atomic E-state index is -0.596. The molecule has 2 aromatic carbocycles. The van der Waals surface area contributed by atoms with Crippen LogP contribution in [0.5, 0.6) is 5.75 Å². The van der Waals surface area contributed by atoms with Gasteiger partial charge in [0, 0.05) is 18.8 Å². The number of para-hydroxylation sites is 1. The smallest absolute Gasteiger partial charge is 0.265 e. The fraction of sp³-hybridized carbons (Fsp3) is 0.364. The number of primary amides is 1. The van der Waals surface area contributed by atoms with E-state index in [-0.39, 0.29) is 17.7 Å². The van der Waals surface area contributed by atoms with E-state index in [2.05, 4.69) is 10.2 Å². The molecule has 1 fully saturated rings. The minimum absolute atomic E-state index is 0.0570. The highest BCUT2D eigenvalue weighted by molar-refractivity contribution is 5.94. The van der Waals surface area contributed by atoms with Gasteiger partial charge in [0.05, 0.1) is 5.92 Å². The second-order valence-electron chi connectivity index (χ2n) is 7.24. The van der Waals surface area contributed by atoms with Gasteiger partial charge in [-0.05, 0) is 56.1 Å². The first-order valence-corrected chi connectivity index (χ1v) is 9.64. The number of carbonyl (C=O) groups is 2. The normalized spacial score (nSPS) is 18.2. The zero-order valence-corrected chi connectivity index (χ0v) is 16.1. The summed E-state index contributed by atoms with van der Waals surface area (Å²) in [7, 11) is 0. The topological polar surface area (TPSA) is 84.7 Å². The fourth-order valence-electron chi connectivity index (χ4n) is 3.38. The standard InChI is InChI=1S/C22H27N3O3/c1-16(28-20-7-3-2-4-8-20)22(27)24-19-11-9-17(10-12-19)14-25-13-5-6-18(15-25)21(23)26/h2-4,7-12,16,18H,5-6,13-15H2,1H3,(H2,23,26)(H,24,27). The van der Waals surface area contributed by atoms with Gasteiger partial charge in [0.1, 0.15) is 5.75 Å². The van der Waals surface area contributed by atoms with Gasteiger partial charge in [-0.3, -0.25) is 14.5 Å². The summed E-state index contributed by atoms with van der Waals surface area (Å²) in [4.78, 5) is 26.0. The molecule has 0 saturated carbocycles. The van der Waals surface area contributed by atoms with Crippen LogP contribution in [-0.4, -0.2) is 35.9 Å². The van der Waals surface area contributed by atoms with Crippen LogP contribution >= 0.6 is 0 Å². The molecule has 0 radical (unpaired) electrons. The van der Waals surface area contributed by atoms with Crippen LogP contribution in [0.2, 0.25) is 0 Å². The number of likely N-dealkylation sites (tertiary alicyclic amines) is 1. The molecule has 6 nitrogen and oxygen atoms in total. The number of hydrogen-bond acceptors (Lipinski definition) is 4. The lowest BCUT2D eigenvalue weighted by molar-refractivity contribution is -0.123. The molecule has 1 aliphatic rings. The number of rotatable bonds is 7. The van der Waals surface area contributed by atoms with E-state index in [1.54, 1.807) is 6.92 Å². The SMILES string of the molecule is CC(Oc1ccccc1)C(=O)Nc1ccc(CN2CCCC(C(N)=O)C2)cc1. The first-order chi connectivity index (χ1) is 13.5. The van der Waals surface area contributed by atoms with Gasteiger partial charge in [-0.1, -0.05) is 30.3 Å². The van der Waals surface area contributed by atoms with Gasteiger partial charge in [-0.2, -0.15) is 0 Å². The number of nitrogens with two attached hydrogens (primary N) is 1. The molecule has 2 unspecified atom stereocenters. The van der Waals surface area contributed by atoms with Crippen LogP contribution in [0.25, 0.3) is 0 Å². The molecule has 2 amide bonds. The van der Waals surface area contributed by atoms with Crippen LogP contribution in [0.15, 0.2) is 54.6 Å². The van der Waals surface area contributed by atoms with Crippen molar-refractivity contribution >= 4 is 17.5 Å². The van der Waals surface area contributed by atoms with Gasteiger partial charge in [0.15, 0.2) is 6.10 Å². The molecule has 0 spiro atoms. The zero-order chi connectivity index (χ0) is 19.9. The van der Waals surface area contributed by atoms with Gasteiger partial charge in [0.25, 0.3) is 5.91 Å². The van der Waals surface area contributed by atoms with E-state index in [9.17, 15) is 9.59 Å². The molecular formula is C22H27N3O3. The van der Waals surface area contributed by atoms with E-state index in [4.69, 9.17) is 10.5 Å². The number of nitrogens with one attached hydrogen (secondary N) is 1. The van der Waals surface area contributed by atoms with Gasteiger partial charge in [0.2, 0.25) is 5.91 Å². The Labute approximate surface area is 165 Å². The largest absolute Gasteiger partial charge is 0.481 e. The van der Waals surface area contributed by atoms with Crippen molar-refractivity contribution in [1.82, 2.24) is 4.90 Å². The Kier molecular flexibility index (Phi) is 6.66. The van der Waals surface area contributed by atoms with Crippen LogP contribution in [0.1, 0.15) is 25.3 Å². The number of hydrogen-bond donors (Lipinski definition) is 2. The molecule has 2 aromatic rings. The number of carbonyl (C=O) groups excluding carboxylic acids is 2. The van der Waals surface area contributed by atoms with Gasteiger partial charge in [-0.25, -0.2) is 0 Å². The third kappa shape index (κ3) is 5.57. The zero-order valence-electron chi connectivity index (χ0n) is 16.1. The van der Waals surface area contributed by atoms with E-state index in [0.717, 1.165) is 37.2 Å². The predicted octanol–water partition coefficient (Wildman–Crippen LogP) is 2.79. The van der Waals surface area contributed by atoms with Crippen molar-refractivity contribution in [3.63, 3.8) is 0 Å². The quantitative estimate of drug-likeness (QED) is 0.772. The number of nitrogens with zero attached hydrogens (tertiary/aromatic N) is 1. The average molecular weight is 381 g/mol. The second-order valence-corrected chi connectivity index (χ2v) is 7.24. The van der Waals surface area contributed by atoms with Crippen molar-refractivity contribution in [2.45, 2.75) is 32.4 Å². The Morgan fingerprint density at radius 3 is 2.57 bits per heavy atom. The molecular weight excluding hydrogens is 354 g/mol. The first-order valence-electron chi connectivity index (χ1n) is 9.64. The Hall–Kier alpha value is -2.86. The lowest BCUT2D eigenvalue weighted by atomic mass is 9.97. The summed E-state index contributed by atoms with van der Waals surface area (Å²) in [5, 5.41) is 2.88. The van der Waals surface area contributed by atoms with Crippen LogP contribution in [0, 0.1) is 5.92 Å². The third-order valence-corrected chi connectivity index (χ3v) is 4.96. The van der Waals surface area contributed by atoms with Crippen molar-refractivity contribution in [3.05, 3.63) is 60.2 Å². The van der Waals surface area contributed by atoms with Crippen molar-refractivity contribution < 1.29 is 14.3 Å². The molecule has 0 aromatic heterocycles. The summed E-state index contributed by atoms with van der Waals surface area (Å²) in [6.07, 6.45) is 1.27. The highest BCUT2D eigenvalue weighted by Gasteiger charge is 2.23.